The number of hydrogen-bond donors (Lipinski definition) is 0. The molecule has 0 atom stereocenters. The van der Waals surface area contributed by atoms with Crippen molar-refractivity contribution in [1.29, 1.82) is 0 Å². The molecule has 108 valence electrons. The number of nitroso groups, excluding NO2 is 1. The second-order valence-electron chi connectivity index (χ2n) is 4.41. The van der Waals surface area contributed by atoms with Crippen LogP contribution in [0.5, 0.6) is 11.5 Å². The molecule has 0 amide bonds. The van der Waals surface area contributed by atoms with Crippen molar-refractivity contribution >= 4 is 11.7 Å². The van der Waals surface area contributed by atoms with Crippen LogP contribution in [0.2, 0.25) is 0 Å². The van der Waals surface area contributed by atoms with Gasteiger partial charge in [0.15, 0.2) is 0 Å². The van der Waals surface area contributed by atoms with Gasteiger partial charge >= 0.3 is 5.97 Å². The van der Waals surface area contributed by atoms with E-state index >= 15 is 0 Å². The Hall–Kier alpha value is -2.69. The molecule has 0 aliphatic carbocycles. The minimum Gasteiger partial charge on any atom is -0.497 e. The number of ether oxygens (including phenoxy) is 2. The first-order valence-electron chi connectivity index (χ1n) is 6.48. The lowest BCUT2D eigenvalue weighted by molar-refractivity contribution is -0.134. The molecule has 5 nitrogen and oxygen atoms in total. The van der Waals surface area contributed by atoms with Crippen molar-refractivity contribution in [3.8, 4) is 11.5 Å². The van der Waals surface area contributed by atoms with E-state index in [4.69, 9.17) is 9.47 Å². The Morgan fingerprint density at radius 3 is 2.19 bits per heavy atom. The summed E-state index contributed by atoms with van der Waals surface area (Å²) >= 11 is 0. The first-order chi connectivity index (χ1) is 10.2. The van der Waals surface area contributed by atoms with E-state index in [2.05, 4.69) is 5.18 Å². The van der Waals surface area contributed by atoms with Crippen LogP contribution < -0.4 is 9.47 Å². The molecule has 0 unspecified atom stereocenters. The molecule has 21 heavy (non-hydrogen) atoms. The Bertz CT molecular complexity index is 605. The van der Waals surface area contributed by atoms with Crippen LogP contribution in [0, 0.1) is 4.91 Å². The summed E-state index contributed by atoms with van der Waals surface area (Å²) in [5, 5.41) is 2.78. The molecule has 0 bridgehead atoms. The van der Waals surface area contributed by atoms with Crippen molar-refractivity contribution in [3.63, 3.8) is 0 Å². The molecule has 0 saturated heterocycles. The lowest BCUT2D eigenvalue weighted by Crippen LogP contribution is -2.08. The van der Waals surface area contributed by atoms with Gasteiger partial charge in [-0.1, -0.05) is 12.1 Å². The zero-order valence-electron chi connectivity index (χ0n) is 11.6. The van der Waals surface area contributed by atoms with Crippen LogP contribution in [0.25, 0.3) is 0 Å². The second kappa shape index (κ2) is 7.19. The molecule has 5 heteroatoms. The number of benzene rings is 2. The minimum atomic E-state index is -0.322. The summed E-state index contributed by atoms with van der Waals surface area (Å²) in [6.45, 7) is 0. The molecule has 0 spiro atoms. The topological polar surface area (TPSA) is 65.0 Å². The van der Waals surface area contributed by atoms with E-state index in [1.165, 1.54) is 12.1 Å². The van der Waals surface area contributed by atoms with Gasteiger partial charge in [-0.05, 0) is 53.6 Å². The predicted octanol–water partition coefficient (Wildman–Crippen LogP) is 3.63. The van der Waals surface area contributed by atoms with E-state index in [1.54, 1.807) is 19.2 Å². The fourth-order valence-corrected chi connectivity index (χ4v) is 1.80. The van der Waals surface area contributed by atoms with Crippen LogP contribution in [0.4, 0.5) is 5.69 Å². The largest absolute Gasteiger partial charge is 0.497 e. The molecule has 0 aliphatic rings. The average Bonchev–Trinajstić information content (AvgIpc) is 2.54. The fourth-order valence-electron chi connectivity index (χ4n) is 1.80. The third kappa shape index (κ3) is 4.42. The third-order valence-corrected chi connectivity index (χ3v) is 2.95. The first-order valence-corrected chi connectivity index (χ1v) is 6.48. The lowest BCUT2D eigenvalue weighted by atomic mass is 10.1. The molecule has 0 radical (unpaired) electrons. The molecule has 0 N–H and O–H groups in total. The van der Waals surface area contributed by atoms with Gasteiger partial charge < -0.3 is 9.47 Å². The van der Waals surface area contributed by atoms with E-state index in [0.29, 0.717) is 17.9 Å². The normalized spacial score (nSPS) is 9.95. The number of aryl methyl sites for hydroxylation is 1. The number of carbonyl (C=O) groups is 1. The highest BCUT2D eigenvalue weighted by molar-refractivity contribution is 5.72. The first kappa shape index (κ1) is 14.7. The lowest BCUT2D eigenvalue weighted by Gasteiger charge is -2.05. The standard InChI is InChI=1S/C16H15NO4/c1-20-14-7-2-12(3-8-14)4-11-16(18)21-15-9-5-13(17-19)6-10-15/h2-3,5-10H,4,11H2,1H3. The summed E-state index contributed by atoms with van der Waals surface area (Å²) < 4.78 is 10.2. The van der Waals surface area contributed by atoms with Crippen LogP contribution in [-0.4, -0.2) is 13.1 Å². The summed E-state index contributed by atoms with van der Waals surface area (Å²) in [7, 11) is 1.61. The van der Waals surface area contributed by atoms with Gasteiger partial charge in [0.2, 0.25) is 0 Å². The molecular weight excluding hydrogens is 270 g/mol. The zero-order valence-corrected chi connectivity index (χ0v) is 11.6. The molecule has 0 aromatic heterocycles. The molecule has 0 heterocycles. The summed E-state index contributed by atoms with van der Waals surface area (Å²) in [4.78, 5) is 22.0. The quantitative estimate of drug-likeness (QED) is 0.462. The van der Waals surface area contributed by atoms with Gasteiger partial charge in [0, 0.05) is 6.42 Å². The maximum absolute atomic E-state index is 11.7. The van der Waals surface area contributed by atoms with Gasteiger partial charge in [-0.3, -0.25) is 4.79 Å². The zero-order chi connectivity index (χ0) is 15.1. The molecular formula is C16H15NO4. The van der Waals surface area contributed by atoms with Crippen molar-refractivity contribution in [2.75, 3.05) is 7.11 Å². The third-order valence-electron chi connectivity index (χ3n) is 2.95. The number of rotatable bonds is 6. The molecule has 2 aromatic rings. The number of methoxy groups -OCH3 is 1. The summed E-state index contributed by atoms with van der Waals surface area (Å²) in [6, 6.07) is 13.6. The fraction of sp³-hybridized carbons (Fsp3) is 0.188. The highest BCUT2D eigenvalue weighted by atomic mass is 16.5. The van der Waals surface area contributed by atoms with Gasteiger partial charge in [-0.25, -0.2) is 0 Å². The van der Waals surface area contributed by atoms with E-state index in [9.17, 15) is 9.70 Å². The Morgan fingerprint density at radius 1 is 1.00 bits per heavy atom. The van der Waals surface area contributed by atoms with Gasteiger partial charge in [0.05, 0.1) is 7.11 Å². The average molecular weight is 285 g/mol. The summed E-state index contributed by atoms with van der Waals surface area (Å²) in [6.07, 6.45) is 0.872. The van der Waals surface area contributed by atoms with Crippen LogP contribution in [0.15, 0.2) is 53.7 Å². The monoisotopic (exact) mass is 285 g/mol. The van der Waals surface area contributed by atoms with Crippen molar-refractivity contribution in [3.05, 3.63) is 59.0 Å². The molecule has 0 aliphatic heterocycles. The number of esters is 1. The predicted molar refractivity (Wildman–Crippen MR) is 78.8 cm³/mol. The Morgan fingerprint density at radius 2 is 1.62 bits per heavy atom. The van der Waals surface area contributed by atoms with Crippen molar-refractivity contribution < 1.29 is 14.3 Å². The highest BCUT2D eigenvalue weighted by Crippen LogP contribution is 2.18. The van der Waals surface area contributed by atoms with Crippen LogP contribution >= 0.6 is 0 Å². The Balaban J connectivity index is 1.84. The second-order valence-corrected chi connectivity index (χ2v) is 4.41. The summed E-state index contributed by atoms with van der Waals surface area (Å²) in [5.41, 5.74) is 1.33. The molecule has 2 aromatic carbocycles. The van der Waals surface area contributed by atoms with Gasteiger partial charge in [-0.15, -0.1) is 4.91 Å². The SMILES string of the molecule is COc1ccc(CCC(=O)Oc2ccc(N=O)cc2)cc1. The maximum atomic E-state index is 11.7. The molecule has 0 fully saturated rings. The molecule has 0 saturated carbocycles. The van der Waals surface area contributed by atoms with Gasteiger partial charge in [-0.2, -0.15) is 0 Å². The number of hydrogen-bond acceptors (Lipinski definition) is 5. The van der Waals surface area contributed by atoms with E-state index in [-0.39, 0.29) is 12.4 Å². The van der Waals surface area contributed by atoms with Crippen molar-refractivity contribution in [2.45, 2.75) is 12.8 Å². The Kier molecular flexibility index (Phi) is 5.04. The highest BCUT2D eigenvalue weighted by Gasteiger charge is 2.06. The number of carbonyl (C=O) groups excluding carboxylic acids is 1. The van der Waals surface area contributed by atoms with Crippen LogP contribution in [0.3, 0.4) is 0 Å². The van der Waals surface area contributed by atoms with E-state index < -0.39 is 0 Å². The molecule has 2 rings (SSSR count). The van der Waals surface area contributed by atoms with Crippen molar-refractivity contribution in [1.82, 2.24) is 0 Å². The van der Waals surface area contributed by atoms with Gasteiger partial charge in [0.25, 0.3) is 0 Å². The van der Waals surface area contributed by atoms with Crippen molar-refractivity contribution in [2.24, 2.45) is 5.18 Å². The number of nitrogens with zero attached hydrogens (tertiary/aromatic N) is 1. The smallest absolute Gasteiger partial charge is 0.311 e. The van der Waals surface area contributed by atoms with Gasteiger partial charge in [0.1, 0.15) is 17.2 Å². The van der Waals surface area contributed by atoms with Crippen LogP contribution in [0.1, 0.15) is 12.0 Å². The maximum Gasteiger partial charge on any atom is 0.311 e. The van der Waals surface area contributed by atoms with Crippen LogP contribution in [-0.2, 0) is 11.2 Å². The van der Waals surface area contributed by atoms with E-state index in [0.717, 1.165) is 11.3 Å². The minimum absolute atomic E-state index is 0.278. The van der Waals surface area contributed by atoms with E-state index in [1.807, 2.05) is 24.3 Å². The summed E-state index contributed by atoms with van der Waals surface area (Å²) in [5.74, 6) is 0.866. The Labute approximate surface area is 122 Å².